The lowest BCUT2D eigenvalue weighted by Crippen LogP contribution is -2.42. The molecule has 1 aromatic rings. The van der Waals surface area contributed by atoms with Crippen molar-refractivity contribution in [2.45, 2.75) is 46.1 Å². The van der Waals surface area contributed by atoms with Crippen molar-refractivity contribution in [2.24, 2.45) is 11.7 Å². The van der Waals surface area contributed by atoms with Gasteiger partial charge >= 0.3 is 6.03 Å². The Bertz CT molecular complexity index is 502. The first-order valence-corrected chi connectivity index (χ1v) is 7.85. The molecule has 3 amide bonds. The van der Waals surface area contributed by atoms with Gasteiger partial charge < -0.3 is 16.4 Å². The molecule has 2 atom stereocenters. The molecule has 4 N–H and O–H groups in total. The van der Waals surface area contributed by atoms with Crippen LogP contribution < -0.4 is 16.4 Å². The quantitative estimate of drug-likeness (QED) is 0.689. The minimum atomic E-state index is -0.438. The van der Waals surface area contributed by atoms with Gasteiger partial charge in [-0.05, 0) is 43.4 Å². The SMILES string of the molecule is CCC(C)CC(C)NC(=O)NCCc1cccc(C(N)=O)c1. The van der Waals surface area contributed by atoms with Crippen molar-refractivity contribution in [3.8, 4) is 0 Å². The summed E-state index contributed by atoms with van der Waals surface area (Å²) < 4.78 is 0. The van der Waals surface area contributed by atoms with Crippen molar-refractivity contribution >= 4 is 11.9 Å². The molecule has 0 heterocycles. The van der Waals surface area contributed by atoms with Gasteiger partial charge in [0.15, 0.2) is 0 Å². The first kappa shape index (κ1) is 18.0. The molecule has 0 aromatic heterocycles. The minimum absolute atomic E-state index is 0.151. The average Bonchev–Trinajstić information content (AvgIpc) is 2.47. The second-order valence-electron chi connectivity index (χ2n) is 5.87. The second kappa shape index (κ2) is 9.07. The Morgan fingerprint density at radius 2 is 2.00 bits per heavy atom. The summed E-state index contributed by atoms with van der Waals surface area (Å²) in [4.78, 5) is 22.9. The van der Waals surface area contributed by atoms with Crippen LogP contribution >= 0.6 is 0 Å². The molecule has 0 spiro atoms. The Morgan fingerprint density at radius 1 is 1.27 bits per heavy atom. The molecule has 1 rings (SSSR count). The van der Waals surface area contributed by atoms with Crippen LogP contribution in [-0.2, 0) is 6.42 Å². The Balaban J connectivity index is 2.33. The van der Waals surface area contributed by atoms with Gasteiger partial charge in [-0.2, -0.15) is 0 Å². The summed E-state index contributed by atoms with van der Waals surface area (Å²) in [5.74, 6) is 0.165. The van der Waals surface area contributed by atoms with Crippen LogP contribution in [0.4, 0.5) is 4.79 Å². The first-order valence-electron chi connectivity index (χ1n) is 7.85. The minimum Gasteiger partial charge on any atom is -0.366 e. The van der Waals surface area contributed by atoms with Gasteiger partial charge in [0.1, 0.15) is 0 Å². The number of nitrogens with two attached hydrogens (primary N) is 1. The number of urea groups is 1. The van der Waals surface area contributed by atoms with E-state index < -0.39 is 5.91 Å². The molecule has 0 fully saturated rings. The molecule has 0 aliphatic heterocycles. The van der Waals surface area contributed by atoms with Crippen LogP contribution in [0.25, 0.3) is 0 Å². The van der Waals surface area contributed by atoms with E-state index in [2.05, 4.69) is 24.5 Å². The Morgan fingerprint density at radius 3 is 2.64 bits per heavy atom. The van der Waals surface area contributed by atoms with E-state index >= 15 is 0 Å². The Kier molecular flexibility index (Phi) is 7.43. The van der Waals surface area contributed by atoms with Gasteiger partial charge in [0, 0.05) is 18.2 Å². The monoisotopic (exact) mass is 305 g/mol. The maximum absolute atomic E-state index is 11.8. The lowest BCUT2D eigenvalue weighted by Gasteiger charge is -2.18. The average molecular weight is 305 g/mol. The van der Waals surface area contributed by atoms with Crippen molar-refractivity contribution in [1.82, 2.24) is 10.6 Å². The standard InChI is InChI=1S/C17H27N3O2/c1-4-12(2)10-13(3)20-17(22)19-9-8-14-6-5-7-15(11-14)16(18)21/h5-7,11-13H,4,8-10H2,1-3H3,(H2,18,21)(H2,19,20,22). The zero-order valence-electron chi connectivity index (χ0n) is 13.7. The van der Waals surface area contributed by atoms with Gasteiger partial charge in [-0.15, -0.1) is 0 Å². The highest BCUT2D eigenvalue weighted by atomic mass is 16.2. The summed E-state index contributed by atoms with van der Waals surface area (Å²) in [5, 5.41) is 5.77. The molecule has 0 aliphatic carbocycles. The number of nitrogens with one attached hydrogen (secondary N) is 2. The number of carbonyl (C=O) groups excluding carboxylic acids is 2. The van der Waals surface area contributed by atoms with Crippen LogP contribution in [0.1, 0.15) is 49.5 Å². The molecule has 0 bridgehead atoms. The summed E-state index contributed by atoms with van der Waals surface area (Å²) in [5.41, 5.74) is 6.71. The predicted octanol–water partition coefficient (Wildman–Crippen LogP) is 2.45. The molecule has 5 nitrogen and oxygen atoms in total. The fourth-order valence-electron chi connectivity index (χ4n) is 2.30. The molecule has 5 heteroatoms. The van der Waals surface area contributed by atoms with Gasteiger partial charge in [0.2, 0.25) is 5.91 Å². The fourth-order valence-corrected chi connectivity index (χ4v) is 2.30. The van der Waals surface area contributed by atoms with Gasteiger partial charge in [0.05, 0.1) is 0 Å². The summed E-state index contributed by atoms with van der Waals surface area (Å²) in [6.45, 7) is 6.87. The number of rotatable bonds is 8. The number of primary amides is 1. The summed E-state index contributed by atoms with van der Waals surface area (Å²) >= 11 is 0. The van der Waals surface area contributed by atoms with E-state index in [4.69, 9.17) is 5.73 Å². The van der Waals surface area contributed by atoms with Crippen molar-refractivity contribution in [3.05, 3.63) is 35.4 Å². The molecular formula is C17H27N3O2. The predicted molar refractivity (Wildman–Crippen MR) is 88.7 cm³/mol. The van der Waals surface area contributed by atoms with E-state index in [0.717, 1.165) is 18.4 Å². The molecule has 0 aliphatic rings. The van der Waals surface area contributed by atoms with Crippen molar-refractivity contribution in [1.29, 1.82) is 0 Å². The molecular weight excluding hydrogens is 278 g/mol. The highest BCUT2D eigenvalue weighted by Crippen LogP contribution is 2.09. The number of hydrogen-bond donors (Lipinski definition) is 3. The number of hydrogen-bond acceptors (Lipinski definition) is 2. The van der Waals surface area contributed by atoms with Crippen molar-refractivity contribution in [2.75, 3.05) is 6.54 Å². The van der Waals surface area contributed by atoms with Crippen LogP contribution in [0.15, 0.2) is 24.3 Å². The highest BCUT2D eigenvalue weighted by Gasteiger charge is 2.10. The third kappa shape index (κ3) is 6.61. The summed E-state index contributed by atoms with van der Waals surface area (Å²) in [6, 6.07) is 7.16. The summed E-state index contributed by atoms with van der Waals surface area (Å²) in [6.07, 6.45) is 2.75. The number of benzene rings is 1. The van der Waals surface area contributed by atoms with E-state index in [9.17, 15) is 9.59 Å². The van der Waals surface area contributed by atoms with Crippen LogP contribution in [0.5, 0.6) is 0 Å². The number of carbonyl (C=O) groups is 2. The summed E-state index contributed by atoms with van der Waals surface area (Å²) in [7, 11) is 0. The molecule has 22 heavy (non-hydrogen) atoms. The molecule has 2 unspecified atom stereocenters. The second-order valence-corrected chi connectivity index (χ2v) is 5.87. The van der Waals surface area contributed by atoms with E-state index in [-0.39, 0.29) is 12.1 Å². The fraction of sp³-hybridized carbons (Fsp3) is 0.529. The molecule has 0 saturated heterocycles. The lowest BCUT2D eigenvalue weighted by molar-refractivity contribution is 0.1000. The molecule has 122 valence electrons. The molecule has 0 radical (unpaired) electrons. The third-order valence-electron chi connectivity index (χ3n) is 3.74. The van der Waals surface area contributed by atoms with E-state index in [0.29, 0.717) is 24.4 Å². The van der Waals surface area contributed by atoms with Crippen LogP contribution in [0.2, 0.25) is 0 Å². The first-order chi connectivity index (χ1) is 10.4. The largest absolute Gasteiger partial charge is 0.366 e. The van der Waals surface area contributed by atoms with Crippen molar-refractivity contribution in [3.63, 3.8) is 0 Å². The van der Waals surface area contributed by atoms with E-state index in [1.54, 1.807) is 18.2 Å². The topological polar surface area (TPSA) is 84.2 Å². The van der Waals surface area contributed by atoms with E-state index in [1.165, 1.54) is 0 Å². The van der Waals surface area contributed by atoms with Crippen LogP contribution in [-0.4, -0.2) is 24.5 Å². The number of amides is 3. The van der Waals surface area contributed by atoms with Crippen LogP contribution in [0.3, 0.4) is 0 Å². The highest BCUT2D eigenvalue weighted by molar-refractivity contribution is 5.92. The maximum Gasteiger partial charge on any atom is 0.315 e. The zero-order chi connectivity index (χ0) is 16.5. The van der Waals surface area contributed by atoms with Gasteiger partial charge in [-0.1, -0.05) is 32.4 Å². The third-order valence-corrected chi connectivity index (χ3v) is 3.74. The Labute approximate surface area is 132 Å². The lowest BCUT2D eigenvalue weighted by atomic mass is 10.0. The normalized spacial score (nSPS) is 13.2. The smallest absolute Gasteiger partial charge is 0.315 e. The maximum atomic E-state index is 11.8. The van der Waals surface area contributed by atoms with Crippen molar-refractivity contribution < 1.29 is 9.59 Å². The van der Waals surface area contributed by atoms with Crippen LogP contribution in [0, 0.1) is 5.92 Å². The van der Waals surface area contributed by atoms with Gasteiger partial charge in [0.25, 0.3) is 0 Å². The zero-order valence-corrected chi connectivity index (χ0v) is 13.7. The van der Waals surface area contributed by atoms with Gasteiger partial charge in [-0.25, -0.2) is 4.79 Å². The van der Waals surface area contributed by atoms with Gasteiger partial charge in [-0.3, -0.25) is 4.79 Å². The molecule has 0 saturated carbocycles. The Hall–Kier alpha value is -2.04. The van der Waals surface area contributed by atoms with E-state index in [1.807, 2.05) is 13.0 Å². The molecule has 1 aromatic carbocycles.